The van der Waals surface area contributed by atoms with Gasteiger partial charge in [-0.05, 0) is 26.3 Å². The van der Waals surface area contributed by atoms with Gasteiger partial charge in [-0.3, -0.25) is 14.3 Å². The summed E-state index contributed by atoms with van der Waals surface area (Å²) < 4.78 is 1.75. The molecule has 2 aromatic rings. The Morgan fingerprint density at radius 2 is 2.19 bits per heavy atom. The molecule has 0 spiro atoms. The highest BCUT2D eigenvalue weighted by Gasteiger charge is 2.31. The van der Waals surface area contributed by atoms with E-state index in [1.807, 2.05) is 20.0 Å². The van der Waals surface area contributed by atoms with Gasteiger partial charge in [0.1, 0.15) is 4.83 Å². The number of amides is 1. The van der Waals surface area contributed by atoms with E-state index >= 15 is 0 Å². The number of aliphatic carboxylic acids is 1. The topological polar surface area (TPSA) is 84.2 Å². The quantitative estimate of drug-likeness (QED) is 0.886. The average molecular weight is 309 g/mol. The third-order valence-electron chi connectivity index (χ3n) is 3.86. The van der Waals surface area contributed by atoms with Crippen molar-refractivity contribution < 1.29 is 14.7 Å². The smallest absolute Gasteiger partial charge is 0.311 e. The highest BCUT2D eigenvalue weighted by atomic mass is 32.1. The van der Waals surface area contributed by atoms with Crippen LogP contribution in [0.5, 0.6) is 0 Å². The normalized spacial score (nSPS) is 14.1. The highest BCUT2D eigenvalue weighted by molar-refractivity contribution is 7.20. The van der Waals surface area contributed by atoms with Gasteiger partial charge in [0, 0.05) is 19.0 Å². The fourth-order valence-corrected chi connectivity index (χ4v) is 3.07. The first-order valence-electron chi connectivity index (χ1n) is 6.73. The molecule has 0 saturated carbocycles. The summed E-state index contributed by atoms with van der Waals surface area (Å²) in [7, 11) is 1.84. The van der Waals surface area contributed by atoms with E-state index in [1.165, 1.54) is 11.3 Å². The number of aryl methyl sites for hydroxylation is 2. The summed E-state index contributed by atoms with van der Waals surface area (Å²) in [5.74, 6) is -1.14. The number of aromatic nitrogens is 2. The number of carboxylic acids is 1. The summed E-state index contributed by atoms with van der Waals surface area (Å²) in [6, 6.07) is 1.81. The zero-order valence-electron chi connectivity index (χ0n) is 12.6. The van der Waals surface area contributed by atoms with Crippen molar-refractivity contribution in [1.82, 2.24) is 15.1 Å². The number of hydrogen-bond donors (Lipinski definition) is 2. The van der Waals surface area contributed by atoms with Gasteiger partial charge in [0.05, 0.1) is 16.0 Å². The molecule has 1 unspecified atom stereocenters. The maximum atomic E-state index is 12.2. The van der Waals surface area contributed by atoms with Crippen LogP contribution >= 0.6 is 11.3 Å². The molecular formula is C14H19N3O3S. The number of thiophene rings is 1. The molecule has 0 aliphatic carbocycles. The predicted octanol–water partition coefficient (Wildman–Crippen LogP) is 2.17. The highest BCUT2D eigenvalue weighted by Crippen LogP contribution is 2.28. The molecule has 1 amide bonds. The van der Waals surface area contributed by atoms with Crippen molar-refractivity contribution in [3.8, 4) is 0 Å². The van der Waals surface area contributed by atoms with E-state index in [0.29, 0.717) is 11.3 Å². The molecule has 2 heterocycles. The largest absolute Gasteiger partial charge is 0.481 e. The van der Waals surface area contributed by atoms with E-state index in [2.05, 4.69) is 10.4 Å². The molecule has 0 radical (unpaired) electrons. The lowest BCUT2D eigenvalue weighted by molar-refractivity contribution is -0.147. The summed E-state index contributed by atoms with van der Waals surface area (Å²) in [4.78, 5) is 24.9. The van der Waals surface area contributed by atoms with E-state index < -0.39 is 11.4 Å². The Morgan fingerprint density at radius 3 is 2.71 bits per heavy atom. The zero-order chi connectivity index (χ0) is 15.8. The fraction of sp³-hybridized carbons (Fsp3) is 0.500. The Balaban J connectivity index is 2.16. The van der Waals surface area contributed by atoms with Crippen molar-refractivity contribution in [3.63, 3.8) is 0 Å². The molecule has 114 valence electrons. The van der Waals surface area contributed by atoms with Gasteiger partial charge in [0.15, 0.2) is 0 Å². The first-order chi connectivity index (χ1) is 9.78. The SMILES string of the molecule is CCC(C)(CNC(=O)c1cc2c(C)nn(C)c2s1)C(=O)O. The minimum atomic E-state index is -0.941. The lowest BCUT2D eigenvalue weighted by Crippen LogP contribution is -2.40. The molecule has 0 saturated heterocycles. The monoisotopic (exact) mass is 309 g/mol. The minimum Gasteiger partial charge on any atom is -0.481 e. The van der Waals surface area contributed by atoms with Crippen LogP contribution in [0.25, 0.3) is 10.2 Å². The third kappa shape index (κ3) is 2.78. The summed E-state index contributed by atoms with van der Waals surface area (Å²) >= 11 is 1.36. The molecular weight excluding hydrogens is 290 g/mol. The number of nitrogens with one attached hydrogen (secondary N) is 1. The van der Waals surface area contributed by atoms with Gasteiger partial charge in [-0.1, -0.05) is 6.92 Å². The standard InChI is InChI=1S/C14H19N3O3S/c1-5-14(3,13(19)20)7-15-11(18)10-6-9-8(2)16-17(4)12(9)21-10/h6H,5,7H2,1-4H3,(H,15,18)(H,19,20). The van der Waals surface area contributed by atoms with Crippen LogP contribution < -0.4 is 5.32 Å². The maximum Gasteiger partial charge on any atom is 0.311 e. The van der Waals surface area contributed by atoms with Crippen LogP contribution in [-0.2, 0) is 11.8 Å². The number of carbonyl (C=O) groups is 2. The third-order valence-corrected chi connectivity index (χ3v) is 5.06. The molecule has 0 aromatic carbocycles. The molecule has 2 aromatic heterocycles. The molecule has 7 heteroatoms. The van der Waals surface area contributed by atoms with Crippen molar-refractivity contribution >= 4 is 33.4 Å². The van der Waals surface area contributed by atoms with Crippen molar-refractivity contribution in [1.29, 1.82) is 0 Å². The lowest BCUT2D eigenvalue weighted by Gasteiger charge is -2.22. The average Bonchev–Trinajstić information content (AvgIpc) is 2.98. The van der Waals surface area contributed by atoms with Crippen LogP contribution in [0.15, 0.2) is 6.07 Å². The Kier molecular flexibility index (Phi) is 4.04. The van der Waals surface area contributed by atoms with Gasteiger partial charge in [-0.25, -0.2) is 0 Å². The predicted molar refractivity (Wildman–Crippen MR) is 81.7 cm³/mol. The molecule has 0 fully saturated rings. The van der Waals surface area contributed by atoms with Crippen molar-refractivity contribution in [2.75, 3.05) is 6.54 Å². The Morgan fingerprint density at radius 1 is 1.52 bits per heavy atom. The van der Waals surface area contributed by atoms with E-state index in [1.54, 1.807) is 18.5 Å². The zero-order valence-corrected chi connectivity index (χ0v) is 13.4. The molecule has 1 atom stereocenters. The fourth-order valence-electron chi connectivity index (χ4n) is 2.03. The molecule has 0 aliphatic heterocycles. The van der Waals surface area contributed by atoms with Gasteiger partial charge in [-0.2, -0.15) is 5.10 Å². The van der Waals surface area contributed by atoms with Crippen molar-refractivity contribution in [2.45, 2.75) is 27.2 Å². The first-order valence-corrected chi connectivity index (χ1v) is 7.55. The van der Waals surface area contributed by atoms with Gasteiger partial charge in [-0.15, -0.1) is 11.3 Å². The molecule has 2 N–H and O–H groups in total. The van der Waals surface area contributed by atoms with Crippen LogP contribution in [0.2, 0.25) is 0 Å². The molecule has 0 aliphatic rings. The van der Waals surface area contributed by atoms with E-state index in [-0.39, 0.29) is 12.5 Å². The summed E-state index contributed by atoms with van der Waals surface area (Å²) in [6.45, 7) is 5.45. The second-order valence-electron chi connectivity index (χ2n) is 5.44. The Labute approximate surface area is 126 Å². The van der Waals surface area contributed by atoms with Crippen LogP contribution in [0.3, 0.4) is 0 Å². The van der Waals surface area contributed by atoms with Crippen LogP contribution in [-0.4, -0.2) is 33.3 Å². The van der Waals surface area contributed by atoms with Gasteiger partial charge >= 0.3 is 5.97 Å². The summed E-state index contributed by atoms with van der Waals surface area (Å²) in [6.07, 6.45) is 0.456. The van der Waals surface area contributed by atoms with Crippen LogP contribution in [0, 0.1) is 12.3 Å². The molecule has 21 heavy (non-hydrogen) atoms. The van der Waals surface area contributed by atoms with Gasteiger partial charge in [0.2, 0.25) is 0 Å². The number of nitrogens with zero attached hydrogens (tertiary/aromatic N) is 2. The second kappa shape index (κ2) is 5.48. The first kappa shape index (κ1) is 15.5. The van der Waals surface area contributed by atoms with Gasteiger partial charge < -0.3 is 10.4 Å². The van der Waals surface area contributed by atoms with Crippen molar-refractivity contribution in [3.05, 3.63) is 16.6 Å². The number of fused-ring (bicyclic) bond motifs is 1. The Bertz CT molecular complexity index is 669. The van der Waals surface area contributed by atoms with Crippen LogP contribution in [0.1, 0.15) is 35.6 Å². The number of rotatable bonds is 5. The number of carboxylic acid groups (broad SMARTS) is 1. The van der Waals surface area contributed by atoms with E-state index in [4.69, 9.17) is 0 Å². The maximum absolute atomic E-state index is 12.2. The summed E-state index contributed by atoms with van der Waals surface area (Å²) in [5.41, 5.74) is -0.0594. The molecule has 2 rings (SSSR count). The molecule has 6 nitrogen and oxygen atoms in total. The minimum absolute atomic E-state index is 0.114. The van der Waals surface area contributed by atoms with E-state index in [0.717, 1.165) is 15.9 Å². The second-order valence-corrected chi connectivity index (χ2v) is 6.47. The number of hydrogen-bond acceptors (Lipinski definition) is 4. The number of carbonyl (C=O) groups excluding carboxylic acids is 1. The lowest BCUT2D eigenvalue weighted by atomic mass is 9.88. The molecule has 0 bridgehead atoms. The van der Waals surface area contributed by atoms with E-state index in [9.17, 15) is 14.7 Å². The Hall–Kier alpha value is -1.89. The van der Waals surface area contributed by atoms with Gasteiger partial charge in [0.25, 0.3) is 5.91 Å². The van der Waals surface area contributed by atoms with Crippen molar-refractivity contribution in [2.24, 2.45) is 12.5 Å². The van der Waals surface area contributed by atoms with Crippen LogP contribution in [0.4, 0.5) is 0 Å². The summed E-state index contributed by atoms with van der Waals surface area (Å²) in [5, 5.41) is 17.2.